The average molecular weight is 296 g/mol. The van der Waals surface area contributed by atoms with Crippen molar-refractivity contribution in [2.24, 2.45) is 5.92 Å². The Bertz CT molecular complexity index is 465. The lowest BCUT2D eigenvalue weighted by Gasteiger charge is -2.29. The van der Waals surface area contributed by atoms with Crippen LogP contribution in [-0.4, -0.2) is 47.3 Å². The zero-order valence-electron chi connectivity index (χ0n) is 13.0. The van der Waals surface area contributed by atoms with Gasteiger partial charge in [0.2, 0.25) is 0 Å². The van der Waals surface area contributed by atoms with E-state index in [1.165, 1.54) is 12.1 Å². The maximum Gasteiger partial charge on any atom is 0.273 e. The Morgan fingerprint density at radius 1 is 1.38 bits per heavy atom. The number of likely N-dealkylation sites (N-methyl/N-ethyl adjacent to an activating group) is 1. The predicted molar refractivity (Wildman–Crippen MR) is 81.5 cm³/mol. The van der Waals surface area contributed by atoms with E-state index in [4.69, 9.17) is 4.74 Å². The van der Waals surface area contributed by atoms with E-state index in [0.29, 0.717) is 24.3 Å². The van der Waals surface area contributed by atoms with E-state index in [1.54, 1.807) is 12.1 Å². The fourth-order valence-corrected chi connectivity index (χ4v) is 1.94. The first-order valence-corrected chi connectivity index (χ1v) is 7.06. The molecule has 118 valence electrons. The smallest absolute Gasteiger partial charge is 0.273 e. The van der Waals surface area contributed by atoms with Crippen molar-refractivity contribution >= 4 is 5.69 Å². The lowest BCUT2D eigenvalue weighted by molar-refractivity contribution is -0.384. The van der Waals surface area contributed by atoms with E-state index in [1.807, 2.05) is 7.05 Å². The molecule has 2 unspecified atom stereocenters. The second-order valence-corrected chi connectivity index (χ2v) is 5.64. The third kappa shape index (κ3) is 5.69. The van der Waals surface area contributed by atoms with E-state index >= 15 is 0 Å². The van der Waals surface area contributed by atoms with Crippen LogP contribution < -0.4 is 4.74 Å². The number of non-ortho nitro benzene ring substituents is 1. The fourth-order valence-electron chi connectivity index (χ4n) is 1.94. The summed E-state index contributed by atoms with van der Waals surface area (Å²) in [4.78, 5) is 12.3. The molecule has 0 bridgehead atoms. The van der Waals surface area contributed by atoms with Crippen LogP contribution >= 0.6 is 0 Å². The molecule has 0 aromatic heterocycles. The fraction of sp³-hybridized carbons (Fsp3) is 0.600. The molecular weight excluding hydrogens is 272 g/mol. The molecule has 0 fully saturated rings. The molecule has 1 aromatic rings. The highest BCUT2D eigenvalue weighted by Crippen LogP contribution is 2.19. The van der Waals surface area contributed by atoms with Crippen LogP contribution in [0.5, 0.6) is 5.75 Å². The maximum absolute atomic E-state index is 10.7. The first-order valence-electron chi connectivity index (χ1n) is 7.06. The molecule has 0 heterocycles. The normalized spacial score (nSPS) is 14.2. The van der Waals surface area contributed by atoms with E-state index < -0.39 is 11.0 Å². The van der Waals surface area contributed by atoms with Crippen LogP contribution in [-0.2, 0) is 0 Å². The van der Waals surface area contributed by atoms with Crippen LogP contribution in [0.25, 0.3) is 0 Å². The number of rotatable bonds is 8. The topological polar surface area (TPSA) is 75.8 Å². The zero-order valence-corrected chi connectivity index (χ0v) is 13.0. The third-order valence-electron chi connectivity index (χ3n) is 3.63. The molecule has 1 N–H and O–H groups in total. The second-order valence-electron chi connectivity index (χ2n) is 5.64. The van der Waals surface area contributed by atoms with Gasteiger partial charge in [-0.1, -0.05) is 19.9 Å². The first kappa shape index (κ1) is 17.4. The molecule has 0 aliphatic heterocycles. The Hall–Kier alpha value is -1.66. The molecule has 21 heavy (non-hydrogen) atoms. The highest BCUT2D eigenvalue weighted by Gasteiger charge is 2.17. The van der Waals surface area contributed by atoms with Crippen molar-refractivity contribution in [2.75, 3.05) is 20.2 Å². The van der Waals surface area contributed by atoms with E-state index in [0.717, 1.165) is 0 Å². The van der Waals surface area contributed by atoms with Crippen LogP contribution in [0, 0.1) is 16.0 Å². The van der Waals surface area contributed by atoms with E-state index in [9.17, 15) is 15.2 Å². The number of benzene rings is 1. The van der Waals surface area contributed by atoms with Crippen molar-refractivity contribution in [3.63, 3.8) is 0 Å². The molecule has 6 heteroatoms. The lowest BCUT2D eigenvalue weighted by Crippen LogP contribution is -2.40. The van der Waals surface area contributed by atoms with Gasteiger partial charge < -0.3 is 14.7 Å². The van der Waals surface area contributed by atoms with E-state index in [-0.39, 0.29) is 12.3 Å². The Morgan fingerprint density at radius 2 is 2.05 bits per heavy atom. The van der Waals surface area contributed by atoms with E-state index in [2.05, 4.69) is 25.7 Å². The summed E-state index contributed by atoms with van der Waals surface area (Å²) in [5, 5.41) is 20.7. The second kappa shape index (κ2) is 7.95. The molecule has 0 amide bonds. The van der Waals surface area contributed by atoms with Crippen molar-refractivity contribution in [3.8, 4) is 5.75 Å². The molecular formula is C15H24N2O4. The molecule has 0 saturated heterocycles. The molecule has 1 rings (SSSR count). The molecule has 6 nitrogen and oxygen atoms in total. The molecule has 0 radical (unpaired) electrons. The number of nitrogens with zero attached hydrogens (tertiary/aromatic N) is 2. The lowest BCUT2D eigenvalue weighted by atomic mass is 10.1. The number of ether oxygens (including phenoxy) is 1. The van der Waals surface area contributed by atoms with Crippen LogP contribution in [0.3, 0.4) is 0 Å². The third-order valence-corrected chi connectivity index (χ3v) is 3.63. The van der Waals surface area contributed by atoms with Crippen molar-refractivity contribution in [1.29, 1.82) is 0 Å². The Morgan fingerprint density at radius 3 is 2.62 bits per heavy atom. The predicted octanol–water partition coefficient (Wildman–Crippen LogP) is 2.31. The van der Waals surface area contributed by atoms with Crippen LogP contribution in [0.1, 0.15) is 20.8 Å². The summed E-state index contributed by atoms with van der Waals surface area (Å²) in [6.07, 6.45) is -0.643. The number of nitro benzene ring substituents is 1. The number of nitro groups is 1. The van der Waals surface area contributed by atoms with Crippen LogP contribution in [0.4, 0.5) is 5.69 Å². The summed E-state index contributed by atoms with van der Waals surface area (Å²) in [6, 6.07) is 6.32. The molecule has 1 aromatic carbocycles. The summed E-state index contributed by atoms with van der Waals surface area (Å²) >= 11 is 0. The number of hydrogen-bond donors (Lipinski definition) is 1. The van der Waals surface area contributed by atoms with Crippen molar-refractivity contribution in [2.45, 2.75) is 32.9 Å². The van der Waals surface area contributed by atoms with Gasteiger partial charge in [0.25, 0.3) is 5.69 Å². The maximum atomic E-state index is 10.7. The first-order chi connectivity index (χ1) is 9.81. The summed E-state index contributed by atoms with van der Waals surface area (Å²) in [5.74, 6) is 0.891. The summed E-state index contributed by atoms with van der Waals surface area (Å²) in [5.41, 5.74) is -0.0208. The minimum Gasteiger partial charge on any atom is -0.491 e. The van der Waals surface area contributed by atoms with Crippen LogP contribution in [0.15, 0.2) is 24.3 Å². The number of aliphatic hydroxyl groups excluding tert-OH is 1. The van der Waals surface area contributed by atoms with Gasteiger partial charge in [-0.2, -0.15) is 0 Å². The zero-order chi connectivity index (χ0) is 16.0. The largest absolute Gasteiger partial charge is 0.491 e. The summed E-state index contributed by atoms with van der Waals surface area (Å²) in [7, 11) is 1.96. The van der Waals surface area contributed by atoms with Gasteiger partial charge in [0.05, 0.1) is 11.0 Å². The minimum absolute atomic E-state index is 0.0208. The van der Waals surface area contributed by atoms with Gasteiger partial charge in [-0.25, -0.2) is 0 Å². The van der Waals surface area contributed by atoms with Crippen LogP contribution in [0.2, 0.25) is 0 Å². The average Bonchev–Trinajstić information content (AvgIpc) is 2.44. The molecule has 0 spiro atoms. The highest BCUT2D eigenvalue weighted by atomic mass is 16.6. The number of hydrogen-bond acceptors (Lipinski definition) is 5. The molecule has 0 aliphatic rings. The monoisotopic (exact) mass is 296 g/mol. The summed E-state index contributed by atoms with van der Waals surface area (Å²) < 4.78 is 5.42. The Balaban J connectivity index is 2.48. The van der Waals surface area contributed by atoms with Gasteiger partial charge in [0, 0.05) is 18.7 Å². The van der Waals surface area contributed by atoms with Crippen molar-refractivity contribution < 1.29 is 14.8 Å². The standard InChI is InChI=1S/C15H24N2O4/c1-11(2)12(3)16(4)9-14(18)10-21-15-7-5-6-13(8-15)17(19)20/h5-8,11-12,14,18H,9-10H2,1-4H3. The van der Waals surface area contributed by atoms with Gasteiger partial charge in [-0.3, -0.25) is 10.1 Å². The minimum atomic E-state index is -0.643. The summed E-state index contributed by atoms with van der Waals surface area (Å²) in [6.45, 7) is 6.98. The number of aliphatic hydroxyl groups is 1. The van der Waals surface area contributed by atoms with Gasteiger partial charge in [0.1, 0.15) is 18.5 Å². The van der Waals surface area contributed by atoms with Crippen molar-refractivity contribution in [3.05, 3.63) is 34.4 Å². The Labute approximate surface area is 125 Å². The van der Waals surface area contributed by atoms with Gasteiger partial charge >= 0.3 is 0 Å². The molecule has 2 atom stereocenters. The Kier molecular flexibility index (Phi) is 6.58. The SMILES string of the molecule is CC(C)C(C)N(C)CC(O)COc1cccc([N+](=O)[O-])c1. The van der Waals surface area contributed by atoms with Gasteiger partial charge in [-0.15, -0.1) is 0 Å². The van der Waals surface area contributed by atoms with Crippen molar-refractivity contribution in [1.82, 2.24) is 4.90 Å². The highest BCUT2D eigenvalue weighted by molar-refractivity contribution is 5.37. The van der Waals surface area contributed by atoms with Gasteiger partial charge in [0.15, 0.2) is 0 Å². The molecule has 0 saturated carbocycles. The van der Waals surface area contributed by atoms with Gasteiger partial charge in [-0.05, 0) is 26.0 Å². The quantitative estimate of drug-likeness (QED) is 0.588. The molecule has 0 aliphatic carbocycles.